The molecule has 0 unspecified atom stereocenters. The molecule has 0 radical (unpaired) electrons. The molecule has 0 atom stereocenters. The van der Waals surface area contributed by atoms with Crippen molar-refractivity contribution in [3.8, 4) is 11.8 Å². The van der Waals surface area contributed by atoms with Crippen LogP contribution in [0.15, 0.2) is 70.7 Å². The predicted molar refractivity (Wildman–Crippen MR) is 141 cm³/mol. The third-order valence-corrected chi connectivity index (χ3v) is 6.52. The lowest BCUT2D eigenvalue weighted by Crippen LogP contribution is -2.13. The number of halogens is 2. The molecule has 3 rings (SSSR count). The fourth-order valence-corrected chi connectivity index (χ4v) is 4.39. The molecule has 0 aromatic heterocycles. The van der Waals surface area contributed by atoms with Gasteiger partial charge in [-0.1, -0.05) is 51.8 Å². The molecule has 162 valence electrons. The zero-order valence-electron chi connectivity index (χ0n) is 17.8. The van der Waals surface area contributed by atoms with Crippen molar-refractivity contribution in [3.63, 3.8) is 0 Å². The van der Waals surface area contributed by atoms with E-state index in [9.17, 15) is 10.1 Å². The van der Waals surface area contributed by atoms with Gasteiger partial charge in [0, 0.05) is 25.7 Å². The quantitative estimate of drug-likeness (QED) is 0.182. The van der Waals surface area contributed by atoms with Crippen molar-refractivity contribution in [2.24, 2.45) is 0 Å². The summed E-state index contributed by atoms with van der Waals surface area (Å²) in [6.45, 7) is 4.43. The molecule has 0 bridgehead atoms. The summed E-state index contributed by atoms with van der Waals surface area (Å²) in [6, 6.07) is 21.4. The summed E-state index contributed by atoms with van der Waals surface area (Å²) in [5.41, 5.74) is 4.74. The van der Waals surface area contributed by atoms with E-state index in [0.29, 0.717) is 18.7 Å². The highest BCUT2D eigenvalue weighted by molar-refractivity contribution is 14.1. The number of nitrogens with one attached hydrogen (secondary N) is 1. The number of hydrogen-bond donors (Lipinski definition) is 1. The maximum Gasteiger partial charge on any atom is 0.266 e. The normalized spacial score (nSPS) is 11.0. The van der Waals surface area contributed by atoms with E-state index in [2.05, 4.69) is 49.9 Å². The lowest BCUT2D eigenvalue weighted by molar-refractivity contribution is -0.112. The average Bonchev–Trinajstić information content (AvgIpc) is 2.77. The number of rotatable bonds is 7. The lowest BCUT2D eigenvalue weighted by atomic mass is 10.0. The van der Waals surface area contributed by atoms with Gasteiger partial charge >= 0.3 is 0 Å². The van der Waals surface area contributed by atoms with Crippen LogP contribution in [0.25, 0.3) is 6.08 Å². The Morgan fingerprint density at radius 1 is 1.19 bits per heavy atom. The Labute approximate surface area is 210 Å². The highest BCUT2D eigenvalue weighted by atomic mass is 127. The fraction of sp³-hybridized carbons (Fsp3) is 0.154. The van der Waals surface area contributed by atoms with Gasteiger partial charge in [-0.3, -0.25) is 4.79 Å². The van der Waals surface area contributed by atoms with E-state index in [1.165, 1.54) is 0 Å². The molecular formula is C26H22BrIN2O2. The van der Waals surface area contributed by atoms with Gasteiger partial charge in [0.2, 0.25) is 0 Å². The van der Waals surface area contributed by atoms with Crippen molar-refractivity contribution in [2.45, 2.75) is 20.3 Å². The van der Waals surface area contributed by atoms with E-state index < -0.39 is 5.91 Å². The maximum atomic E-state index is 12.6. The number of aryl methyl sites for hydroxylation is 1. The summed E-state index contributed by atoms with van der Waals surface area (Å²) in [5, 5.41) is 12.4. The van der Waals surface area contributed by atoms with E-state index in [-0.39, 0.29) is 5.57 Å². The van der Waals surface area contributed by atoms with Crippen LogP contribution in [-0.4, -0.2) is 12.5 Å². The topological polar surface area (TPSA) is 62.1 Å². The van der Waals surface area contributed by atoms with Gasteiger partial charge in [0.1, 0.15) is 17.4 Å². The molecule has 0 aliphatic heterocycles. The molecule has 4 nitrogen and oxygen atoms in total. The van der Waals surface area contributed by atoms with Crippen LogP contribution in [0.3, 0.4) is 0 Å². The van der Waals surface area contributed by atoms with Crippen molar-refractivity contribution in [3.05, 3.63) is 96.5 Å². The van der Waals surface area contributed by atoms with E-state index >= 15 is 0 Å². The fourth-order valence-electron chi connectivity index (χ4n) is 3.15. The van der Waals surface area contributed by atoms with E-state index in [1.807, 2.05) is 74.5 Å². The molecule has 0 saturated carbocycles. The van der Waals surface area contributed by atoms with Gasteiger partial charge in [-0.15, -0.1) is 0 Å². The Bertz CT molecular complexity index is 1200. The van der Waals surface area contributed by atoms with Crippen LogP contribution in [0.2, 0.25) is 0 Å². The molecule has 0 saturated heterocycles. The Morgan fingerprint density at radius 2 is 1.91 bits per heavy atom. The number of nitriles is 1. The summed E-state index contributed by atoms with van der Waals surface area (Å²) < 4.78 is 7.97. The van der Waals surface area contributed by atoms with Crippen molar-refractivity contribution < 1.29 is 9.53 Å². The van der Waals surface area contributed by atoms with Crippen molar-refractivity contribution in [1.29, 1.82) is 5.26 Å². The second kappa shape index (κ2) is 11.3. The van der Waals surface area contributed by atoms with Gasteiger partial charge in [0.25, 0.3) is 5.91 Å². The first-order valence-electron chi connectivity index (χ1n) is 10.1. The Kier molecular flexibility index (Phi) is 8.48. The zero-order chi connectivity index (χ0) is 23.1. The molecule has 0 heterocycles. The summed E-state index contributed by atoms with van der Waals surface area (Å²) in [7, 11) is 0. The van der Waals surface area contributed by atoms with Crippen LogP contribution >= 0.6 is 38.5 Å². The number of anilines is 1. The van der Waals surface area contributed by atoms with Gasteiger partial charge in [-0.05, 0) is 84.0 Å². The summed E-state index contributed by atoms with van der Waals surface area (Å²) in [5.74, 6) is 0.305. The molecule has 32 heavy (non-hydrogen) atoms. The van der Waals surface area contributed by atoms with Crippen LogP contribution < -0.4 is 10.1 Å². The molecule has 1 N–H and O–H groups in total. The van der Waals surface area contributed by atoms with Crippen LogP contribution in [0.5, 0.6) is 5.75 Å². The number of ether oxygens (including phenoxy) is 1. The minimum Gasteiger partial charge on any atom is -0.494 e. The maximum absolute atomic E-state index is 12.6. The standard InChI is InChI=1S/C26H22BrIN2O2/c1-3-32-25-14-18(13-24(28)22(25)15-19-6-4-5-7-23(19)27)12-20(16-29)26(31)30-21-10-8-17(2)9-11-21/h4-14H,3,15H2,1-2H3,(H,30,31)/b20-12+. The van der Waals surface area contributed by atoms with Crippen LogP contribution in [-0.2, 0) is 11.2 Å². The first kappa shape index (κ1) is 24.0. The lowest BCUT2D eigenvalue weighted by Gasteiger charge is -2.15. The average molecular weight is 601 g/mol. The van der Waals surface area contributed by atoms with Crippen molar-refractivity contribution in [1.82, 2.24) is 0 Å². The highest BCUT2D eigenvalue weighted by Gasteiger charge is 2.15. The number of carbonyl (C=O) groups is 1. The number of nitrogens with zero attached hydrogens (tertiary/aromatic N) is 1. The predicted octanol–water partition coefficient (Wildman–Crippen LogP) is 6.90. The molecule has 0 spiro atoms. The third kappa shape index (κ3) is 6.21. The summed E-state index contributed by atoms with van der Waals surface area (Å²) >= 11 is 5.89. The van der Waals surface area contributed by atoms with E-state index in [1.54, 1.807) is 6.08 Å². The first-order valence-corrected chi connectivity index (χ1v) is 12.0. The van der Waals surface area contributed by atoms with Crippen LogP contribution in [0, 0.1) is 21.8 Å². The Balaban J connectivity index is 1.91. The molecule has 0 aliphatic carbocycles. The number of hydrogen-bond acceptors (Lipinski definition) is 3. The molecule has 0 fully saturated rings. The molecule has 1 amide bonds. The number of benzene rings is 3. The summed E-state index contributed by atoms with van der Waals surface area (Å²) in [4.78, 5) is 12.6. The molecule has 3 aromatic carbocycles. The molecule has 0 aliphatic rings. The minimum atomic E-state index is -0.443. The first-order chi connectivity index (χ1) is 15.4. The van der Waals surface area contributed by atoms with Gasteiger partial charge in [0.05, 0.1) is 6.61 Å². The van der Waals surface area contributed by atoms with Crippen LogP contribution in [0.4, 0.5) is 5.69 Å². The van der Waals surface area contributed by atoms with Gasteiger partial charge in [-0.2, -0.15) is 5.26 Å². The van der Waals surface area contributed by atoms with Crippen molar-refractivity contribution >= 4 is 56.2 Å². The van der Waals surface area contributed by atoms with Gasteiger partial charge in [0.15, 0.2) is 0 Å². The third-order valence-electron chi connectivity index (χ3n) is 4.79. The largest absolute Gasteiger partial charge is 0.494 e. The second-order valence-electron chi connectivity index (χ2n) is 7.17. The monoisotopic (exact) mass is 600 g/mol. The molecule has 6 heteroatoms. The van der Waals surface area contributed by atoms with E-state index in [0.717, 1.165) is 36.0 Å². The summed E-state index contributed by atoms with van der Waals surface area (Å²) in [6.07, 6.45) is 2.30. The minimum absolute atomic E-state index is 0.0300. The molecule has 3 aromatic rings. The smallest absolute Gasteiger partial charge is 0.266 e. The highest BCUT2D eigenvalue weighted by Crippen LogP contribution is 2.31. The SMILES string of the molecule is CCOc1cc(/C=C(\C#N)C(=O)Nc2ccc(C)cc2)cc(I)c1Cc1ccccc1Br. The van der Waals surface area contributed by atoms with Crippen LogP contribution in [0.1, 0.15) is 29.2 Å². The zero-order valence-corrected chi connectivity index (χ0v) is 21.5. The Hall–Kier alpha value is -2.63. The van der Waals surface area contributed by atoms with Crippen molar-refractivity contribution in [2.75, 3.05) is 11.9 Å². The van der Waals surface area contributed by atoms with E-state index in [4.69, 9.17) is 4.74 Å². The second-order valence-corrected chi connectivity index (χ2v) is 9.19. The molecular weight excluding hydrogens is 579 g/mol. The van der Waals surface area contributed by atoms with Gasteiger partial charge < -0.3 is 10.1 Å². The van der Waals surface area contributed by atoms with Gasteiger partial charge in [-0.25, -0.2) is 0 Å². The number of amides is 1. The number of carbonyl (C=O) groups excluding carboxylic acids is 1. The Morgan fingerprint density at radius 3 is 2.56 bits per heavy atom.